The van der Waals surface area contributed by atoms with E-state index in [4.69, 9.17) is 21.1 Å². The van der Waals surface area contributed by atoms with Crippen molar-refractivity contribution >= 4 is 52.2 Å². The number of ether oxygens (including phenoxy) is 2. The number of carbonyl (C=O) groups is 3. The van der Waals surface area contributed by atoms with E-state index >= 15 is 0 Å². The second-order valence-electron chi connectivity index (χ2n) is 7.68. The molecule has 0 bridgehead atoms. The molecule has 2 aromatic rings. The number of cyclic esters (lactones) is 1. The Morgan fingerprint density at radius 1 is 1.28 bits per heavy atom. The van der Waals surface area contributed by atoms with Gasteiger partial charge in [-0.2, -0.15) is 0 Å². The van der Waals surface area contributed by atoms with Crippen LogP contribution < -0.4 is 25.2 Å². The molecule has 32 heavy (non-hydrogen) atoms. The largest absolute Gasteiger partial charge is 0.491 e. The van der Waals surface area contributed by atoms with E-state index in [-0.39, 0.29) is 24.4 Å². The number of nitrogens with zero attached hydrogens (tertiary/aromatic N) is 2. The zero-order valence-corrected chi connectivity index (χ0v) is 18.6. The summed E-state index contributed by atoms with van der Waals surface area (Å²) in [6.07, 6.45) is -0.440. The Kier molecular flexibility index (Phi) is 5.66. The second kappa shape index (κ2) is 8.61. The summed E-state index contributed by atoms with van der Waals surface area (Å²) in [7, 11) is 0. The second-order valence-corrected chi connectivity index (χ2v) is 9.40. The summed E-state index contributed by atoms with van der Waals surface area (Å²) < 4.78 is 12.1. The first kappa shape index (κ1) is 21.0. The number of carbonyl (C=O) groups excluding carboxylic acids is 3. The molecule has 0 spiro atoms. The van der Waals surface area contributed by atoms with Crippen LogP contribution in [-0.2, 0) is 9.53 Å². The van der Waals surface area contributed by atoms with Crippen molar-refractivity contribution in [2.45, 2.75) is 18.6 Å². The van der Waals surface area contributed by atoms with E-state index in [0.29, 0.717) is 46.8 Å². The Balaban J connectivity index is 1.33. The van der Waals surface area contributed by atoms with Crippen molar-refractivity contribution in [2.75, 3.05) is 42.6 Å². The van der Waals surface area contributed by atoms with Gasteiger partial charge in [-0.25, -0.2) is 4.79 Å². The maximum Gasteiger partial charge on any atom is 0.415 e. The molecule has 11 heteroatoms. The van der Waals surface area contributed by atoms with Crippen molar-refractivity contribution in [1.82, 2.24) is 10.6 Å². The molecule has 0 radical (unpaired) electrons. The molecular formula is C21H21ClN4O5S. The fourth-order valence-electron chi connectivity index (χ4n) is 4.21. The summed E-state index contributed by atoms with van der Waals surface area (Å²) in [6, 6.07) is 8.45. The van der Waals surface area contributed by atoms with E-state index < -0.39 is 12.2 Å². The zero-order chi connectivity index (χ0) is 22.2. The van der Waals surface area contributed by atoms with Crippen LogP contribution >= 0.6 is 22.9 Å². The topological polar surface area (TPSA) is 100 Å². The van der Waals surface area contributed by atoms with E-state index in [1.807, 2.05) is 6.07 Å². The van der Waals surface area contributed by atoms with E-state index in [2.05, 4.69) is 10.6 Å². The smallest absolute Gasteiger partial charge is 0.415 e. The highest BCUT2D eigenvalue weighted by Gasteiger charge is 2.45. The predicted octanol–water partition coefficient (Wildman–Crippen LogP) is 2.24. The highest BCUT2D eigenvalue weighted by atomic mass is 35.5. The van der Waals surface area contributed by atoms with Crippen molar-refractivity contribution in [3.63, 3.8) is 0 Å². The van der Waals surface area contributed by atoms with Gasteiger partial charge in [0.15, 0.2) is 0 Å². The molecule has 0 saturated carbocycles. The van der Waals surface area contributed by atoms with Gasteiger partial charge in [0.25, 0.3) is 5.91 Å². The zero-order valence-electron chi connectivity index (χ0n) is 17.0. The van der Waals surface area contributed by atoms with Crippen LogP contribution in [0.3, 0.4) is 0 Å². The van der Waals surface area contributed by atoms with Gasteiger partial charge in [-0.3, -0.25) is 14.5 Å². The van der Waals surface area contributed by atoms with Gasteiger partial charge in [0.1, 0.15) is 11.9 Å². The van der Waals surface area contributed by atoms with Crippen LogP contribution in [0.1, 0.15) is 16.1 Å². The van der Waals surface area contributed by atoms with Gasteiger partial charge >= 0.3 is 6.09 Å². The number of hydrogen-bond acceptors (Lipinski definition) is 7. The van der Waals surface area contributed by atoms with Gasteiger partial charge in [0.05, 0.1) is 40.6 Å². The third-order valence-corrected chi connectivity index (χ3v) is 6.98. The van der Waals surface area contributed by atoms with E-state index in [9.17, 15) is 14.4 Å². The molecule has 2 N–H and O–H groups in total. The molecule has 3 aliphatic rings. The number of thiophene rings is 1. The Bertz CT molecular complexity index is 1080. The van der Waals surface area contributed by atoms with Crippen LogP contribution in [0.2, 0.25) is 4.34 Å². The average Bonchev–Trinajstić information content (AvgIpc) is 3.29. The maximum absolute atomic E-state index is 12.7. The third-order valence-electron chi connectivity index (χ3n) is 5.75. The van der Waals surface area contributed by atoms with Crippen molar-refractivity contribution in [3.05, 3.63) is 39.5 Å². The lowest BCUT2D eigenvalue weighted by Crippen LogP contribution is -2.48. The summed E-state index contributed by atoms with van der Waals surface area (Å²) >= 11 is 7.09. The van der Waals surface area contributed by atoms with Gasteiger partial charge in [0.2, 0.25) is 5.91 Å². The molecule has 2 fully saturated rings. The molecule has 0 aliphatic carbocycles. The number of amides is 3. The highest BCUT2D eigenvalue weighted by Crippen LogP contribution is 2.40. The van der Waals surface area contributed by atoms with Crippen LogP contribution in [0, 0.1) is 0 Å². The molecule has 9 nitrogen and oxygen atoms in total. The first-order valence-corrected chi connectivity index (χ1v) is 11.5. The molecule has 1 aromatic carbocycles. The molecule has 3 amide bonds. The molecule has 5 rings (SSSR count). The lowest BCUT2D eigenvalue weighted by molar-refractivity contribution is -0.118. The van der Waals surface area contributed by atoms with E-state index in [0.717, 1.165) is 12.2 Å². The molecule has 168 valence electrons. The maximum atomic E-state index is 12.7. The Labute approximate surface area is 193 Å². The lowest BCUT2D eigenvalue weighted by Gasteiger charge is -2.28. The fraction of sp³-hybridized carbons (Fsp3) is 0.381. The highest BCUT2D eigenvalue weighted by molar-refractivity contribution is 7.18. The lowest BCUT2D eigenvalue weighted by atomic mass is 10.1. The molecule has 1 aromatic heterocycles. The number of benzene rings is 1. The minimum Gasteiger partial charge on any atom is -0.491 e. The Hall–Kier alpha value is -2.82. The summed E-state index contributed by atoms with van der Waals surface area (Å²) in [4.78, 5) is 41.1. The summed E-state index contributed by atoms with van der Waals surface area (Å²) in [5, 5.41) is 5.88. The summed E-state index contributed by atoms with van der Waals surface area (Å²) in [5.41, 5.74) is 1.34. The third kappa shape index (κ3) is 3.89. The fourth-order valence-corrected chi connectivity index (χ4v) is 5.17. The number of nitrogens with one attached hydrogen (secondary N) is 2. The van der Waals surface area contributed by atoms with E-state index in [1.54, 1.807) is 34.1 Å². The first-order valence-electron chi connectivity index (χ1n) is 10.3. The number of halogens is 1. The molecule has 3 aliphatic heterocycles. The predicted molar refractivity (Wildman–Crippen MR) is 120 cm³/mol. The molecular weight excluding hydrogens is 456 g/mol. The van der Waals surface area contributed by atoms with Gasteiger partial charge in [0, 0.05) is 31.3 Å². The van der Waals surface area contributed by atoms with Crippen LogP contribution in [0.4, 0.5) is 16.2 Å². The average molecular weight is 477 g/mol. The molecule has 2 saturated heterocycles. The number of piperazine rings is 1. The number of anilines is 2. The quantitative estimate of drug-likeness (QED) is 0.702. The molecule has 2 atom stereocenters. The monoisotopic (exact) mass is 476 g/mol. The normalized spacial score (nSPS) is 22.5. The van der Waals surface area contributed by atoms with Gasteiger partial charge in [-0.05, 0) is 24.3 Å². The number of hydrogen-bond donors (Lipinski definition) is 2. The van der Waals surface area contributed by atoms with E-state index in [1.165, 1.54) is 11.3 Å². The Morgan fingerprint density at radius 2 is 2.16 bits per heavy atom. The summed E-state index contributed by atoms with van der Waals surface area (Å²) in [5.74, 6) is 0.268. The van der Waals surface area contributed by atoms with Crippen LogP contribution in [-0.4, -0.2) is 62.8 Å². The molecule has 0 unspecified atom stereocenters. The Morgan fingerprint density at radius 3 is 2.94 bits per heavy atom. The van der Waals surface area contributed by atoms with Crippen molar-refractivity contribution in [3.8, 4) is 5.75 Å². The number of rotatable bonds is 4. The van der Waals surface area contributed by atoms with Gasteiger partial charge in [-0.1, -0.05) is 11.6 Å². The minimum absolute atomic E-state index is 0.00823. The van der Waals surface area contributed by atoms with Crippen molar-refractivity contribution in [2.24, 2.45) is 0 Å². The molecule has 4 heterocycles. The standard InChI is InChI=1S/C21H21ClN4O5S/c22-18-4-3-17(32-18)20(28)24-10-16-14-5-8-30-15-9-12(25-7-6-23-11-19(25)27)1-2-13(15)26(14)21(29)31-16/h1-4,9,14,16,23H,5-8,10-11H2,(H,24,28)/t14-,16-/m0/s1. The van der Waals surface area contributed by atoms with Crippen LogP contribution in [0.25, 0.3) is 0 Å². The number of fused-ring (bicyclic) bond motifs is 3. The van der Waals surface area contributed by atoms with Crippen LogP contribution in [0.15, 0.2) is 30.3 Å². The van der Waals surface area contributed by atoms with Gasteiger partial charge < -0.3 is 25.0 Å². The minimum atomic E-state index is -0.508. The van der Waals surface area contributed by atoms with Crippen LogP contribution in [0.5, 0.6) is 5.75 Å². The summed E-state index contributed by atoms with van der Waals surface area (Å²) in [6.45, 7) is 2.15. The SMILES string of the molecule is O=C(NC[C@@H]1OC(=O)N2c3ccc(N4CCNCC4=O)cc3OCC[C@@H]12)c1ccc(Cl)s1. The first-order chi connectivity index (χ1) is 15.5. The van der Waals surface area contributed by atoms with Gasteiger partial charge in [-0.15, -0.1) is 11.3 Å². The van der Waals surface area contributed by atoms with Crippen molar-refractivity contribution in [1.29, 1.82) is 0 Å². The van der Waals surface area contributed by atoms with Crippen molar-refractivity contribution < 1.29 is 23.9 Å².